The first-order valence-electron chi connectivity index (χ1n) is 4.84. The van der Waals surface area contributed by atoms with Gasteiger partial charge in [0.15, 0.2) is 0 Å². The monoisotopic (exact) mass is 267 g/mol. The van der Waals surface area contributed by atoms with Gasteiger partial charge >= 0.3 is 0 Å². The average molecular weight is 268 g/mol. The fourth-order valence-corrected chi connectivity index (χ4v) is 1.97. The lowest BCUT2D eigenvalue weighted by atomic mass is 10.2. The van der Waals surface area contributed by atoms with E-state index in [9.17, 15) is 4.79 Å². The minimum Gasteiger partial charge on any atom is -0.319 e. The summed E-state index contributed by atoms with van der Waals surface area (Å²) in [6, 6.07) is 5.36. The second kappa shape index (κ2) is 5.25. The predicted molar refractivity (Wildman–Crippen MR) is 69.8 cm³/mol. The van der Waals surface area contributed by atoms with Crippen molar-refractivity contribution in [3.8, 4) is 0 Å². The zero-order chi connectivity index (χ0) is 12.3. The van der Waals surface area contributed by atoms with Crippen molar-refractivity contribution < 1.29 is 4.79 Å². The van der Waals surface area contributed by atoms with Crippen molar-refractivity contribution in [1.82, 2.24) is 10.2 Å². The van der Waals surface area contributed by atoms with Gasteiger partial charge in [-0.2, -0.15) is 5.10 Å². The number of aromatic amines is 1. The third-order valence-electron chi connectivity index (χ3n) is 2.17. The highest BCUT2D eigenvalue weighted by Gasteiger charge is 2.11. The topological polar surface area (TPSA) is 57.8 Å². The van der Waals surface area contributed by atoms with Crippen LogP contribution in [0.2, 0.25) is 5.02 Å². The van der Waals surface area contributed by atoms with Crippen LogP contribution < -0.4 is 5.32 Å². The van der Waals surface area contributed by atoms with E-state index in [-0.39, 0.29) is 5.91 Å². The normalized spacial score (nSPS) is 10.2. The van der Waals surface area contributed by atoms with Crippen LogP contribution in [0.3, 0.4) is 0 Å². The predicted octanol–water partition coefficient (Wildman–Crippen LogP) is 3.04. The van der Waals surface area contributed by atoms with E-state index in [1.165, 1.54) is 6.20 Å². The summed E-state index contributed by atoms with van der Waals surface area (Å²) < 4.78 is 0. The SMILES string of the molecule is CSc1ccc(Cl)c(C(=O)Nc2cn[nH]c2)c1. The molecule has 1 aromatic heterocycles. The van der Waals surface area contributed by atoms with Crippen LogP contribution in [0.1, 0.15) is 10.4 Å². The fraction of sp³-hybridized carbons (Fsp3) is 0.0909. The summed E-state index contributed by atoms with van der Waals surface area (Å²) in [6.07, 6.45) is 5.08. The van der Waals surface area contributed by atoms with Gasteiger partial charge in [0.05, 0.1) is 22.5 Å². The summed E-state index contributed by atoms with van der Waals surface area (Å²) in [5, 5.41) is 9.51. The number of benzene rings is 1. The summed E-state index contributed by atoms with van der Waals surface area (Å²) in [4.78, 5) is 12.9. The van der Waals surface area contributed by atoms with Gasteiger partial charge in [-0.3, -0.25) is 9.89 Å². The van der Waals surface area contributed by atoms with Gasteiger partial charge in [-0.25, -0.2) is 0 Å². The minimum atomic E-state index is -0.243. The van der Waals surface area contributed by atoms with Crippen LogP contribution in [0.25, 0.3) is 0 Å². The standard InChI is InChI=1S/C11H10ClN3OS/c1-17-8-2-3-10(12)9(4-8)11(16)15-7-5-13-14-6-7/h2-6H,1H3,(H,13,14)(H,15,16). The van der Waals surface area contributed by atoms with Crippen LogP contribution in [0.5, 0.6) is 0 Å². The molecule has 0 aliphatic rings. The van der Waals surface area contributed by atoms with Gasteiger partial charge in [-0.15, -0.1) is 11.8 Å². The molecule has 0 radical (unpaired) electrons. The van der Waals surface area contributed by atoms with E-state index in [1.807, 2.05) is 12.3 Å². The number of hydrogen-bond acceptors (Lipinski definition) is 3. The Balaban J connectivity index is 2.24. The number of hydrogen-bond donors (Lipinski definition) is 2. The van der Waals surface area contributed by atoms with Gasteiger partial charge in [0, 0.05) is 11.1 Å². The lowest BCUT2D eigenvalue weighted by Gasteiger charge is -2.06. The van der Waals surface area contributed by atoms with Crippen molar-refractivity contribution >= 4 is 35.0 Å². The Hall–Kier alpha value is -1.46. The second-order valence-corrected chi connectivity index (χ2v) is 4.57. The number of H-pyrrole nitrogens is 1. The first kappa shape index (κ1) is 12.0. The molecule has 0 bridgehead atoms. The van der Waals surface area contributed by atoms with E-state index in [0.717, 1.165) is 4.90 Å². The molecule has 88 valence electrons. The number of halogens is 1. The van der Waals surface area contributed by atoms with E-state index < -0.39 is 0 Å². The molecule has 1 heterocycles. The van der Waals surface area contributed by atoms with E-state index >= 15 is 0 Å². The van der Waals surface area contributed by atoms with Crippen LogP contribution in [-0.2, 0) is 0 Å². The quantitative estimate of drug-likeness (QED) is 0.841. The molecule has 0 saturated carbocycles. The summed E-state index contributed by atoms with van der Waals surface area (Å²) in [5.41, 5.74) is 1.07. The summed E-state index contributed by atoms with van der Waals surface area (Å²) in [6.45, 7) is 0. The highest BCUT2D eigenvalue weighted by atomic mass is 35.5. The molecule has 0 unspecified atom stereocenters. The molecule has 0 saturated heterocycles. The number of nitrogens with one attached hydrogen (secondary N) is 2. The third-order valence-corrected chi connectivity index (χ3v) is 3.23. The molecule has 2 aromatic rings. The fourth-order valence-electron chi connectivity index (χ4n) is 1.32. The molecule has 0 spiro atoms. The Bertz CT molecular complexity index is 528. The zero-order valence-corrected chi connectivity index (χ0v) is 10.6. The average Bonchev–Trinajstić information content (AvgIpc) is 2.82. The highest BCUT2D eigenvalue weighted by Crippen LogP contribution is 2.23. The molecule has 4 nitrogen and oxygen atoms in total. The first-order valence-corrected chi connectivity index (χ1v) is 6.44. The molecular formula is C11H10ClN3OS. The number of thioether (sulfide) groups is 1. The van der Waals surface area contributed by atoms with Crippen molar-refractivity contribution in [2.45, 2.75) is 4.90 Å². The maximum atomic E-state index is 12.0. The lowest BCUT2D eigenvalue weighted by Crippen LogP contribution is -2.12. The highest BCUT2D eigenvalue weighted by molar-refractivity contribution is 7.98. The van der Waals surface area contributed by atoms with Gasteiger partial charge < -0.3 is 5.32 Å². The molecular weight excluding hydrogens is 258 g/mol. The molecule has 1 aromatic carbocycles. The van der Waals surface area contributed by atoms with Gasteiger partial charge in [0.2, 0.25) is 0 Å². The number of rotatable bonds is 3. The number of carbonyl (C=O) groups is 1. The van der Waals surface area contributed by atoms with Crippen LogP contribution >= 0.6 is 23.4 Å². The summed E-state index contributed by atoms with van der Waals surface area (Å²) >= 11 is 7.55. The van der Waals surface area contributed by atoms with Crippen molar-refractivity contribution in [3.63, 3.8) is 0 Å². The van der Waals surface area contributed by atoms with E-state index in [2.05, 4.69) is 15.5 Å². The molecule has 2 rings (SSSR count). The van der Waals surface area contributed by atoms with Gasteiger partial charge in [0.1, 0.15) is 0 Å². The van der Waals surface area contributed by atoms with Crippen LogP contribution in [0, 0.1) is 0 Å². The minimum absolute atomic E-state index is 0.243. The Morgan fingerprint density at radius 1 is 1.53 bits per heavy atom. The van der Waals surface area contributed by atoms with Crippen molar-refractivity contribution in [1.29, 1.82) is 0 Å². The smallest absolute Gasteiger partial charge is 0.257 e. The number of anilines is 1. The summed E-state index contributed by atoms with van der Waals surface area (Å²) in [7, 11) is 0. The van der Waals surface area contributed by atoms with Gasteiger partial charge in [-0.1, -0.05) is 11.6 Å². The Labute approximate surface area is 108 Å². The number of carbonyl (C=O) groups excluding carboxylic acids is 1. The second-order valence-electron chi connectivity index (χ2n) is 3.29. The molecule has 2 N–H and O–H groups in total. The number of amides is 1. The van der Waals surface area contributed by atoms with Crippen LogP contribution in [-0.4, -0.2) is 22.4 Å². The van der Waals surface area contributed by atoms with E-state index in [4.69, 9.17) is 11.6 Å². The molecule has 0 aliphatic carbocycles. The molecule has 0 fully saturated rings. The van der Waals surface area contributed by atoms with E-state index in [1.54, 1.807) is 30.1 Å². The maximum Gasteiger partial charge on any atom is 0.257 e. The summed E-state index contributed by atoms with van der Waals surface area (Å²) in [5.74, 6) is -0.243. The largest absolute Gasteiger partial charge is 0.319 e. The van der Waals surface area contributed by atoms with Crippen LogP contribution in [0.4, 0.5) is 5.69 Å². The number of nitrogens with zero attached hydrogens (tertiary/aromatic N) is 1. The molecule has 0 aliphatic heterocycles. The number of aromatic nitrogens is 2. The molecule has 0 atom stereocenters. The Morgan fingerprint density at radius 3 is 3.00 bits per heavy atom. The van der Waals surface area contributed by atoms with Crippen LogP contribution in [0.15, 0.2) is 35.5 Å². The third kappa shape index (κ3) is 2.81. The van der Waals surface area contributed by atoms with Crippen molar-refractivity contribution in [2.24, 2.45) is 0 Å². The molecule has 1 amide bonds. The maximum absolute atomic E-state index is 12.0. The zero-order valence-electron chi connectivity index (χ0n) is 9.03. The molecule has 6 heteroatoms. The van der Waals surface area contributed by atoms with Crippen molar-refractivity contribution in [3.05, 3.63) is 41.2 Å². The van der Waals surface area contributed by atoms with Gasteiger partial charge in [0.25, 0.3) is 5.91 Å². The molecule has 17 heavy (non-hydrogen) atoms. The lowest BCUT2D eigenvalue weighted by molar-refractivity contribution is 0.102. The van der Waals surface area contributed by atoms with Gasteiger partial charge in [-0.05, 0) is 24.5 Å². The van der Waals surface area contributed by atoms with E-state index in [0.29, 0.717) is 16.3 Å². The Morgan fingerprint density at radius 2 is 2.35 bits per heavy atom. The first-order chi connectivity index (χ1) is 8.20. The van der Waals surface area contributed by atoms with Crippen molar-refractivity contribution in [2.75, 3.05) is 11.6 Å². The Kier molecular flexibility index (Phi) is 3.71.